The molecule has 100 valence electrons. The number of hydrogen-bond donors (Lipinski definition) is 2. The minimum atomic E-state index is -0.111. The van der Waals surface area contributed by atoms with Crippen LogP contribution in [-0.4, -0.2) is 44.3 Å². The molecule has 0 aromatic carbocycles. The maximum atomic E-state index is 11.5. The number of amides is 1. The molecule has 1 heterocycles. The summed E-state index contributed by atoms with van der Waals surface area (Å²) in [5, 5.41) is 5.65. The minimum Gasteiger partial charge on any atom is -0.490 e. The van der Waals surface area contributed by atoms with Gasteiger partial charge in [-0.15, -0.1) is 0 Å². The number of carbonyl (C=O) groups excluding carboxylic acids is 1. The first-order chi connectivity index (χ1) is 8.77. The Balaban J connectivity index is 2.40. The first-order valence-corrected chi connectivity index (χ1v) is 5.85. The third-order valence-electron chi connectivity index (χ3n) is 2.12. The highest BCUT2D eigenvalue weighted by Crippen LogP contribution is 2.20. The number of carbonyl (C=O) groups is 1. The van der Waals surface area contributed by atoms with Crippen molar-refractivity contribution in [2.75, 3.05) is 38.7 Å². The molecule has 0 radical (unpaired) electrons. The summed E-state index contributed by atoms with van der Waals surface area (Å²) in [6, 6.07) is 3.59. The quantitative estimate of drug-likeness (QED) is 0.666. The Morgan fingerprint density at radius 2 is 2.33 bits per heavy atom. The highest BCUT2D eigenvalue weighted by Gasteiger charge is 2.05. The maximum absolute atomic E-state index is 11.5. The summed E-state index contributed by atoms with van der Waals surface area (Å²) >= 11 is 0. The van der Waals surface area contributed by atoms with Crippen LogP contribution >= 0.6 is 0 Å². The summed E-state index contributed by atoms with van der Waals surface area (Å²) in [5.74, 6) is 1.10. The normalized spacial score (nSPS) is 9.89. The number of pyridine rings is 1. The van der Waals surface area contributed by atoms with E-state index in [2.05, 4.69) is 15.6 Å². The van der Waals surface area contributed by atoms with Gasteiger partial charge in [0.25, 0.3) is 0 Å². The Morgan fingerprint density at radius 3 is 3.06 bits per heavy atom. The summed E-state index contributed by atoms with van der Waals surface area (Å²) in [4.78, 5) is 15.6. The molecule has 0 aliphatic carbocycles. The molecule has 0 aliphatic rings. The Bertz CT molecular complexity index is 371. The van der Waals surface area contributed by atoms with Gasteiger partial charge in [0.2, 0.25) is 5.91 Å². The van der Waals surface area contributed by atoms with Crippen LogP contribution in [0.25, 0.3) is 0 Å². The van der Waals surface area contributed by atoms with Crippen molar-refractivity contribution in [2.45, 2.75) is 6.92 Å². The van der Waals surface area contributed by atoms with Crippen LogP contribution in [0.15, 0.2) is 18.3 Å². The zero-order valence-electron chi connectivity index (χ0n) is 10.7. The smallest absolute Gasteiger partial charge is 0.239 e. The molecule has 6 heteroatoms. The average molecular weight is 253 g/mol. The van der Waals surface area contributed by atoms with Gasteiger partial charge in [-0.1, -0.05) is 0 Å². The molecule has 1 aromatic heterocycles. The van der Waals surface area contributed by atoms with Gasteiger partial charge < -0.3 is 20.1 Å². The molecule has 2 N–H and O–H groups in total. The Labute approximate surface area is 107 Å². The molecule has 6 nitrogen and oxygen atoms in total. The minimum absolute atomic E-state index is 0.111. The molecule has 0 saturated carbocycles. The predicted octanol–water partition coefficient (Wildman–Crippen LogP) is 0.655. The number of rotatable bonds is 8. The van der Waals surface area contributed by atoms with E-state index >= 15 is 0 Å². The van der Waals surface area contributed by atoms with Crippen LogP contribution in [-0.2, 0) is 9.53 Å². The molecule has 1 aromatic rings. The van der Waals surface area contributed by atoms with Gasteiger partial charge in [0.05, 0.1) is 19.8 Å². The van der Waals surface area contributed by atoms with Gasteiger partial charge in [-0.2, -0.15) is 0 Å². The molecule has 0 atom stereocenters. The molecule has 1 rings (SSSR count). The second-order valence-corrected chi connectivity index (χ2v) is 3.48. The lowest BCUT2D eigenvalue weighted by molar-refractivity contribution is -0.119. The van der Waals surface area contributed by atoms with Crippen molar-refractivity contribution in [3.63, 3.8) is 0 Å². The Kier molecular flexibility index (Phi) is 6.56. The van der Waals surface area contributed by atoms with Crippen LogP contribution in [0.5, 0.6) is 5.75 Å². The monoisotopic (exact) mass is 253 g/mol. The van der Waals surface area contributed by atoms with Gasteiger partial charge in [0.15, 0.2) is 11.6 Å². The second-order valence-electron chi connectivity index (χ2n) is 3.48. The number of hydrogen-bond acceptors (Lipinski definition) is 5. The fraction of sp³-hybridized carbons (Fsp3) is 0.500. The van der Waals surface area contributed by atoms with Crippen LogP contribution < -0.4 is 15.4 Å². The standard InChI is InChI=1S/C12H19N3O3/c1-3-18-10-5-4-6-14-12(10)15-9-11(16)13-7-8-17-2/h4-6H,3,7-9H2,1-2H3,(H,13,16)(H,14,15). The number of ether oxygens (including phenoxy) is 2. The van der Waals surface area contributed by atoms with Crippen molar-refractivity contribution >= 4 is 11.7 Å². The fourth-order valence-corrected chi connectivity index (χ4v) is 1.31. The van der Waals surface area contributed by atoms with Gasteiger partial charge in [-0.05, 0) is 19.1 Å². The molecular formula is C12H19N3O3. The maximum Gasteiger partial charge on any atom is 0.239 e. The first kappa shape index (κ1) is 14.2. The molecular weight excluding hydrogens is 234 g/mol. The van der Waals surface area contributed by atoms with Crippen LogP contribution in [0.4, 0.5) is 5.82 Å². The number of methoxy groups -OCH3 is 1. The lowest BCUT2D eigenvalue weighted by Gasteiger charge is -2.10. The van der Waals surface area contributed by atoms with Crippen molar-refractivity contribution in [2.24, 2.45) is 0 Å². The van der Waals surface area contributed by atoms with Gasteiger partial charge in [0.1, 0.15) is 0 Å². The summed E-state index contributed by atoms with van der Waals surface area (Å²) < 4.78 is 10.2. The largest absolute Gasteiger partial charge is 0.490 e. The van der Waals surface area contributed by atoms with Gasteiger partial charge in [0, 0.05) is 19.9 Å². The van der Waals surface area contributed by atoms with E-state index in [0.717, 1.165) is 0 Å². The van der Waals surface area contributed by atoms with Gasteiger partial charge in [-0.25, -0.2) is 4.98 Å². The van der Waals surface area contributed by atoms with Gasteiger partial charge in [-0.3, -0.25) is 4.79 Å². The van der Waals surface area contributed by atoms with Crippen molar-refractivity contribution in [1.82, 2.24) is 10.3 Å². The Hall–Kier alpha value is -1.82. The molecule has 0 fully saturated rings. The SMILES string of the molecule is CCOc1cccnc1NCC(=O)NCCOC. The molecule has 0 unspecified atom stereocenters. The zero-order chi connectivity index (χ0) is 13.2. The van der Waals surface area contributed by atoms with E-state index in [9.17, 15) is 4.79 Å². The number of nitrogens with one attached hydrogen (secondary N) is 2. The summed E-state index contributed by atoms with van der Waals surface area (Å²) in [5.41, 5.74) is 0. The third kappa shape index (κ3) is 5.01. The van der Waals surface area contributed by atoms with Crippen molar-refractivity contribution < 1.29 is 14.3 Å². The summed E-state index contributed by atoms with van der Waals surface area (Å²) in [7, 11) is 1.59. The van der Waals surface area contributed by atoms with Crippen LogP contribution in [0.2, 0.25) is 0 Å². The third-order valence-corrected chi connectivity index (χ3v) is 2.12. The summed E-state index contributed by atoms with van der Waals surface area (Å²) in [6.45, 7) is 3.60. The van der Waals surface area contributed by atoms with Crippen LogP contribution in [0, 0.1) is 0 Å². The van der Waals surface area contributed by atoms with Gasteiger partial charge >= 0.3 is 0 Å². The number of anilines is 1. The average Bonchev–Trinajstić information content (AvgIpc) is 2.38. The van der Waals surface area contributed by atoms with E-state index in [-0.39, 0.29) is 12.5 Å². The molecule has 18 heavy (non-hydrogen) atoms. The Morgan fingerprint density at radius 1 is 1.50 bits per heavy atom. The predicted molar refractivity (Wildman–Crippen MR) is 68.8 cm³/mol. The highest BCUT2D eigenvalue weighted by atomic mass is 16.5. The lowest BCUT2D eigenvalue weighted by atomic mass is 10.4. The van der Waals surface area contributed by atoms with E-state index in [1.54, 1.807) is 19.4 Å². The zero-order valence-corrected chi connectivity index (χ0v) is 10.7. The molecule has 0 saturated heterocycles. The molecule has 0 aliphatic heterocycles. The van der Waals surface area contributed by atoms with E-state index in [4.69, 9.17) is 9.47 Å². The van der Waals surface area contributed by atoms with Crippen molar-refractivity contribution in [3.05, 3.63) is 18.3 Å². The van der Waals surface area contributed by atoms with Crippen molar-refractivity contribution in [1.29, 1.82) is 0 Å². The van der Waals surface area contributed by atoms with Crippen LogP contribution in [0.3, 0.4) is 0 Å². The second kappa shape index (κ2) is 8.30. The fourth-order valence-electron chi connectivity index (χ4n) is 1.31. The molecule has 0 bridgehead atoms. The molecule has 1 amide bonds. The first-order valence-electron chi connectivity index (χ1n) is 5.85. The highest BCUT2D eigenvalue weighted by molar-refractivity contribution is 5.80. The van der Waals surface area contributed by atoms with Crippen LogP contribution in [0.1, 0.15) is 6.92 Å². The van der Waals surface area contributed by atoms with Crippen molar-refractivity contribution in [3.8, 4) is 5.75 Å². The lowest BCUT2D eigenvalue weighted by Crippen LogP contribution is -2.32. The van der Waals surface area contributed by atoms with E-state index < -0.39 is 0 Å². The van der Waals surface area contributed by atoms with E-state index in [1.807, 2.05) is 13.0 Å². The summed E-state index contributed by atoms with van der Waals surface area (Å²) in [6.07, 6.45) is 1.65. The van der Waals surface area contributed by atoms with E-state index in [0.29, 0.717) is 31.3 Å². The van der Waals surface area contributed by atoms with E-state index in [1.165, 1.54) is 0 Å². The topological polar surface area (TPSA) is 72.5 Å². The number of nitrogens with zero attached hydrogens (tertiary/aromatic N) is 1. The molecule has 0 spiro atoms. The number of aromatic nitrogens is 1.